The second kappa shape index (κ2) is 7.31. The van der Waals surface area contributed by atoms with Crippen LogP contribution in [0.4, 0.5) is 0 Å². The first-order valence-electron chi connectivity index (χ1n) is 7.89. The van der Waals surface area contributed by atoms with E-state index in [0.29, 0.717) is 31.8 Å². The molecule has 2 N–H and O–H groups in total. The summed E-state index contributed by atoms with van der Waals surface area (Å²) in [6, 6.07) is 5.78. The Labute approximate surface area is 137 Å². The molecule has 2 rings (SSSR count). The molecule has 124 valence electrons. The van der Waals surface area contributed by atoms with E-state index in [9.17, 15) is 4.79 Å². The molecule has 0 bridgehead atoms. The van der Waals surface area contributed by atoms with Crippen LogP contribution in [0.3, 0.4) is 0 Å². The Hall–Kier alpha value is -2.30. The van der Waals surface area contributed by atoms with Gasteiger partial charge in [0.25, 0.3) is 0 Å². The van der Waals surface area contributed by atoms with E-state index in [2.05, 4.69) is 4.99 Å². The van der Waals surface area contributed by atoms with Gasteiger partial charge in [0.15, 0.2) is 0 Å². The lowest BCUT2D eigenvalue weighted by Gasteiger charge is -2.28. The molecule has 1 aliphatic rings. The molecular formula is C18H24N2O3. The summed E-state index contributed by atoms with van der Waals surface area (Å²) in [5.41, 5.74) is 7.58. The summed E-state index contributed by atoms with van der Waals surface area (Å²) in [5, 5.41) is 0. The average Bonchev–Trinajstić information content (AvgIpc) is 2.50. The van der Waals surface area contributed by atoms with Crippen molar-refractivity contribution in [3.63, 3.8) is 0 Å². The molecule has 0 spiro atoms. The number of rotatable bonds is 6. The van der Waals surface area contributed by atoms with Gasteiger partial charge in [0.2, 0.25) is 0 Å². The maximum absolute atomic E-state index is 11.2. The van der Waals surface area contributed by atoms with Gasteiger partial charge in [-0.1, -0.05) is 6.08 Å². The lowest BCUT2D eigenvalue weighted by Crippen LogP contribution is -2.27. The quantitative estimate of drug-likeness (QED) is 0.379. The first-order chi connectivity index (χ1) is 10.9. The normalized spacial score (nSPS) is 15.7. The van der Waals surface area contributed by atoms with Crippen LogP contribution in [0.2, 0.25) is 0 Å². The van der Waals surface area contributed by atoms with E-state index >= 15 is 0 Å². The summed E-state index contributed by atoms with van der Waals surface area (Å²) >= 11 is 0. The van der Waals surface area contributed by atoms with Gasteiger partial charge in [-0.25, -0.2) is 0 Å². The van der Waals surface area contributed by atoms with Gasteiger partial charge in [-0.15, -0.1) is 0 Å². The SMILES string of the molecule is CCOC(=O)CCCN=C(N)c1ccc2c(c1)C=CC(C)(C)O2. The maximum Gasteiger partial charge on any atom is 0.305 e. The largest absolute Gasteiger partial charge is 0.483 e. The molecule has 0 radical (unpaired) electrons. The van der Waals surface area contributed by atoms with E-state index in [1.54, 1.807) is 6.92 Å². The first kappa shape index (κ1) is 17.1. The molecule has 0 aliphatic carbocycles. The summed E-state index contributed by atoms with van der Waals surface area (Å²) in [6.45, 7) is 6.73. The second-order valence-electron chi connectivity index (χ2n) is 5.97. The van der Waals surface area contributed by atoms with Crippen LogP contribution >= 0.6 is 0 Å². The van der Waals surface area contributed by atoms with Crippen LogP contribution in [0.5, 0.6) is 5.75 Å². The average molecular weight is 316 g/mol. The van der Waals surface area contributed by atoms with E-state index in [1.165, 1.54) is 0 Å². The molecule has 5 nitrogen and oxygen atoms in total. The lowest BCUT2D eigenvalue weighted by atomic mass is 10.0. The zero-order chi connectivity index (χ0) is 16.9. The molecule has 0 saturated heterocycles. The number of carbonyl (C=O) groups excluding carboxylic acids is 1. The highest BCUT2D eigenvalue weighted by Crippen LogP contribution is 2.31. The Morgan fingerprint density at radius 1 is 1.39 bits per heavy atom. The van der Waals surface area contributed by atoms with Gasteiger partial charge >= 0.3 is 5.97 Å². The van der Waals surface area contributed by atoms with Gasteiger partial charge in [0, 0.05) is 24.1 Å². The van der Waals surface area contributed by atoms with Crippen molar-refractivity contribution in [2.75, 3.05) is 13.2 Å². The molecule has 1 heterocycles. The van der Waals surface area contributed by atoms with Crippen LogP contribution in [-0.4, -0.2) is 30.6 Å². The highest BCUT2D eigenvalue weighted by atomic mass is 16.5. The minimum absolute atomic E-state index is 0.194. The van der Waals surface area contributed by atoms with Crippen molar-refractivity contribution in [3.05, 3.63) is 35.4 Å². The van der Waals surface area contributed by atoms with Gasteiger partial charge in [-0.3, -0.25) is 9.79 Å². The lowest BCUT2D eigenvalue weighted by molar-refractivity contribution is -0.143. The predicted octanol–water partition coefficient (Wildman–Crippen LogP) is 2.92. The number of amidine groups is 1. The number of nitrogens with zero attached hydrogens (tertiary/aromatic N) is 1. The Balaban J connectivity index is 1.96. The Kier molecular flexibility index (Phi) is 5.42. The fourth-order valence-corrected chi connectivity index (χ4v) is 2.29. The number of nitrogens with two attached hydrogens (primary N) is 1. The van der Waals surface area contributed by atoms with Crippen LogP contribution in [-0.2, 0) is 9.53 Å². The van der Waals surface area contributed by atoms with Crippen molar-refractivity contribution < 1.29 is 14.3 Å². The van der Waals surface area contributed by atoms with Crippen molar-refractivity contribution in [1.82, 2.24) is 0 Å². The fraction of sp³-hybridized carbons (Fsp3) is 0.444. The second-order valence-corrected chi connectivity index (χ2v) is 5.97. The van der Waals surface area contributed by atoms with Crippen molar-refractivity contribution in [2.24, 2.45) is 10.7 Å². The number of ether oxygens (including phenoxy) is 2. The number of esters is 1. The Morgan fingerprint density at radius 2 is 2.17 bits per heavy atom. The van der Waals surface area contributed by atoms with Crippen molar-refractivity contribution >= 4 is 17.9 Å². The third kappa shape index (κ3) is 4.84. The molecule has 1 aliphatic heterocycles. The Morgan fingerprint density at radius 3 is 2.91 bits per heavy atom. The maximum atomic E-state index is 11.2. The zero-order valence-electron chi connectivity index (χ0n) is 14.0. The fourth-order valence-electron chi connectivity index (χ4n) is 2.29. The molecule has 23 heavy (non-hydrogen) atoms. The number of hydrogen-bond acceptors (Lipinski definition) is 4. The molecule has 5 heteroatoms. The van der Waals surface area contributed by atoms with Crippen LogP contribution in [0.15, 0.2) is 29.3 Å². The molecular weight excluding hydrogens is 292 g/mol. The molecule has 0 atom stereocenters. The summed E-state index contributed by atoms with van der Waals surface area (Å²) in [4.78, 5) is 15.6. The minimum atomic E-state index is -0.290. The van der Waals surface area contributed by atoms with E-state index in [-0.39, 0.29) is 11.6 Å². The molecule has 0 amide bonds. The van der Waals surface area contributed by atoms with Gasteiger partial charge in [0.1, 0.15) is 17.2 Å². The number of hydrogen-bond donors (Lipinski definition) is 1. The van der Waals surface area contributed by atoms with Crippen molar-refractivity contribution in [3.8, 4) is 5.75 Å². The van der Waals surface area contributed by atoms with Crippen LogP contribution in [0.25, 0.3) is 6.08 Å². The minimum Gasteiger partial charge on any atom is -0.483 e. The van der Waals surface area contributed by atoms with E-state index in [1.807, 2.05) is 44.2 Å². The van der Waals surface area contributed by atoms with Gasteiger partial charge in [-0.05, 0) is 51.5 Å². The molecule has 0 saturated carbocycles. The van der Waals surface area contributed by atoms with Crippen LogP contribution in [0, 0.1) is 0 Å². The summed E-state index contributed by atoms with van der Waals surface area (Å²) < 4.78 is 10.8. The highest BCUT2D eigenvalue weighted by Gasteiger charge is 2.21. The number of benzene rings is 1. The van der Waals surface area contributed by atoms with Gasteiger partial charge in [0.05, 0.1) is 6.61 Å². The summed E-state index contributed by atoms with van der Waals surface area (Å²) in [5.74, 6) is 1.12. The Bertz CT molecular complexity index is 633. The molecule has 0 unspecified atom stereocenters. The summed E-state index contributed by atoms with van der Waals surface area (Å²) in [7, 11) is 0. The van der Waals surface area contributed by atoms with Gasteiger partial charge < -0.3 is 15.2 Å². The summed E-state index contributed by atoms with van der Waals surface area (Å²) in [6.07, 6.45) is 5.05. The number of aliphatic imine (C=N–C) groups is 1. The molecule has 1 aromatic carbocycles. The smallest absolute Gasteiger partial charge is 0.305 e. The first-order valence-corrected chi connectivity index (χ1v) is 7.89. The van der Waals surface area contributed by atoms with E-state index < -0.39 is 0 Å². The molecule has 0 aromatic heterocycles. The van der Waals surface area contributed by atoms with E-state index in [0.717, 1.165) is 16.9 Å². The van der Waals surface area contributed by atoms with Crippen molar-refractivity contribution in [2.45, 2.75) is 39.2 Å². The zero-order valence-corrected chi connectivity index (χ0v) is 14.0. The van der Waals surface area contributed by atoms with Gasteiger partial charge in [-0.2, -0.15) is 0 Å². The monoisotopic (exact) mass is 316 g/mol. The number of carbonyl (C=O) groups is 1. The van der Waals surface area contributed by atoms with Crippen LogP contribution < -0.4 is 10.5 Å². The highest BCUT2D eigenvalue weighted by molar-refractivity contribution is 5.98. The topological polar surface area (TPSA) is 73.9 Å². The van der Waals surface area contributed by atoms with Crippen LogP contribution in [0.1, 0.15) is 44.7 Å². The van der Waals surface area contributed by atoms with Crippen molar-refractivity contribution in [1.29, 1.82) is 0 Å². The molecule has 1 aromatic rings. The van der Waals surface area contributed by atoms with E-state index in [4.69, 9.17) is 15.2 Å². The third-order valence-corrected chi connectivity index (χ3v) is 3.47. The third-order valence-electron chi connectivity index (χ3n) is 3.47. The number of fused-ring (bicyclic) bond motifs is 1. The predicted molar refractivity (Wildman–Crippen MR) is 91.6 cm³/mol. The standard InChI is InChI=1S/C18H24N2O3/c1-4-22-16(21)6-5-11-20-17(19)14-7-8-15-13(12-14)9-10-18(2,3)23-15/h7-10,12H,4-6,11H2,1-3H3,(H2,19,20). The molecule has 0 fully saturated rings.